The predicted molar refractivity (Wildman–Crippen MR) is 130 cm³/mol. The van der Waals surface area contributed by atoms with E-state index in [9.17, 15) is 4.79 Å². The molecule has 1 fully saturated rings. The minimum atomic E-state index is -0.141. The van der Waals surface area contributed by atoms with E-state index in [1.54, 1.807) is 0 Å². The van der Waals surface area contributed by atoms with Crippen LogP contribution in [0.15, 0.2) is 54.6 Å². The Morgan fingerprint density at radius 2 is 1.81 bits per heavy atom. The zero-order chi connectivity index (χ0) is 21.6. The molecule has 2 aromatic carbocycles. The number of thiophene rings is 1. The van der Waals surface area contributed by atoms with Crippen molar-refractivity contribution >= 4 is 40.2 Å². The van der Waals surface area contributed by atoms with E-state index >= 15 is 0 Å². The Labute approximate surface area is 192 Å². The second kappa shape index (κ2) is 10.2. The number of nitrogens with one attached hydrogen (secondary N) is 2. The number of amides is 1. The van der Waals surface area contributed by atoms with Crippen LogP contribution in [0.1, 0.15) is 22.5 Å². The quantitative estimate of drug-likeness (QED) is 0.448. The first kappa shape index (κ1) is 21.7. The van der Waals surface area contributed by atoms with Crippen LogP contribution in [0.2, 0.25) is 5.02 Å². The van der Waals surface area contributed by atoms with Gasteiger partial charge in [0.15, 0.2) is 0 Å². The zero-order valence-electron chi connectivity index (χ0n) is 17.5. The molecule has 5 nitrogen and oxygen atoms in total. The topological polar surface area (TPSA) is 53.6 Å². The van der Waals surface area contributed by atoms with Crippen LogP contribution in [0.4, 0.5) is 11.4 Å². The van der Waals surface area contributed by atoms with E-state index in [1.807, 2.05) is 61.6 Å². The van der Waals surface area contributed by atoms with Crippen LogP contribution in [0.3, 0.4) is 0 Å². The van der Waals surface area contributed by atoms with Crippen LogP contribution in [0.25, 0.3) is 10.4 Å². The molecule has 1 aromatic heterocycles. The van der Waals surface area contributed by atoms with Crippen molar-refractivity contribution in [1.82, 2.24) is 4.90 Å². The molecule has 0 bridgehead atoms. The molecule has 2 heterocycles. The van der Waals surface area contributed by atoms with E-state index in [1.165, 1.54) is 37.3 Å². The van der Waals surface area contributed by atoms with E-state index in [0.717, 1.165) is 34.1 Å². The van der Waals surface area contributed by atoms with Gasteiger partial charge in [0.1, 0.15) is 17.2 Å². The Bertz CT molecular complexity index is 1010. The summed E-state index contributed by atoms with van der Waals surface area (Å²) in [6.07, 6.45) is 2.57. The normalized spacial score (nSPS) is 13.9. The highest BCUT2D eigenvalue weighted by Crippen LogP contribution is 2.35. The summed E-state index contributed by atoms with van der Waals surface area (Å²) in [6.45, 7) is 3.98. The Morgan fingerprint density at radius 1 is 1.10 bits per heavy atom. The molecule has 31 heavy (non-hydrogen) atoms. The molecule has 1 amide bonds. The lowest BCUT2D eigenvalue weighted by molar-refractivity contribution is 0.103. The number of ether oxygens (including phenoxy) is 1. The standard InChI is InChI=1S/C24H26ClN3O2S/c1-26-21-16-22(17-4-6-18(25)7-5-17)31-23(21)24(29)27-19-8-10-20(11-9-19)30-15-14-28-12-2-3-13-28/h4-11,16,26H,2-3,12-15H2,1H3,(H,27,29). The molecule has 1 saturated heterocycles. The average molecular weight is 456 g/mol. The summed E-state index contributed by atoms with van der Waals surface area (Å²) in [7, 11) is 1.82. The minimum Gasteiger partial charge on any atom is -0.492 e. The third-order valence-electron chi connectivity index (χ3n) is 5.32. The summed E-state index contributed by atoms with van der Waals surface area (Å²) in [5.41, 5.74) is 2.56. The van der Waals surface area contributed by atoms with E-state index in [2.05, 4.69) is 15.5 Å². The van der Waals surface area contributed by atoms with Gasteiger partial charge in [-0.3, -0.25) is 9.69 Å². The van der Waals surface area contributed by atoms with Gasteiger partial charge in [0.05, 0.1) is 5.69 Å². The largest absolute Gasteiger partial charge is 0.492 e. The molecule has 2 N–H and O–H groups in total. The van der Waals surface area contributed by atoms with Crippen molar-refractivity contribution in [3.63, 3.8) is 0 Å². The van der Waals surface area contributed by atoms with Crippen molar-refractivity contribution in [2.45, 2.75) is 12.8 Å². The Hall–Kier alpha value is -2.54. The van der Waals surface area contributed by atoms with Crippen molar-refractivity contribution in [3.05, 3.63) is 64.5 Å². The van der Waals surface area contributed by atoms with E-state index < -0.39 is 0 Å². The number of benzene rings is 2. The second-order valence-electron chi connectivity index (χ2n) is 7.49. The summed E-state index contributed by atoms with van der Waals surface area (Å²) in [6, 6.07) is 17.1. The average Bonchev–Trinajstić information content (AvgIpc) is 3.45. The molecule has 0 unspecified atom stereocenters. The first-order valence-corrected chi connectivity index (χ1v) is 11.7. The number of halogens is 1. The number of anilines is 2. The number of carbonyl (C=O) groups excluding carboxylic acids is 1. The van der Waals surface area contributed by atoms with Crippen molar-refractivity contribution in [2.24, 2.45) is 0 Å². The van der Waals surface area contributed by atoms with Crippen LogP contribution in [0.5, 0.6) is 5.75 Å². The Morgan fingerprint density at radius 3 is 2.48 bits per heavy atom. The van der Waals surface area contributed by atoms with Crippen LogP contribution in [-0.4, -0.2) is 44.1 Å². The number of likely N-dealkylation sites (tertiary alicyclic amines) is 1. The van der Waals surface area contributed by atoms with Gasteiger partial charge < -0.3 is 15.4 Å². The monoisotopic (exact) mass is 455 g/mol. The molecule has 4 rings (SSSR count). The smallest absolute Gasteiger partial charge is 0.267 e. The van der Waals surface area contributed by atoms with Crippen molar-refractivity contribution < 1.29 is 9.53 Å². The van der Waals surface area contributed by atoms with Crippen molar-refractivity contribution in [1.29, 1.82) is 0 Å². The van der Waals surface area contributed by atoms with Gasteiger partial charge in [-0.05, 0) is 74.0 Å². The van der Waals surface area contributed by atoms with Crippen LogP contribution in [-0.2, 0) is 0 Å². The zero-order valence-corrected chi connectivity index (χ0v) is 19.1. The molecule has 0 spiro atoms. The fraction of sp³-hybridized carbons (Fsp3) is 0.292. The molecule has 3 aromatic rings. The third kappa shape index (κ3) is 5.58. The van der Waals surface area contributed by atoms with E-state index in [0.29, 0.717) is 16.5 Å². The molecule has 1 aliphatic heterocycles. The first-order chi connectivity index (χ1) is 15.1. The van der Waals surface area contributed by atoms with Gasteiger partial charge in [-0.25, -0.2) is 0 Å². The highest BCUT2D eigenvalue weighted by Gasteiger charge is 2.17. The summed E-state index contributed by atoms with van der Waals surface area (Å²) in [5.74, 6) is 0.673. The fourth-order valence-electron chi connectivity index (χ4n) is 3.62. The first-order valence-electron chi connectivity index (χ1n) is 10.5. The molecule has 0 saturated carbocycles. The van der Waals surface area contributed by atoms with E-state index in [4.69, 9.17) is 16.3 Å². The van der Waals surface area contributed by atoms with Gasteiger partial charge in [0.25, 0.3) is 5.91 Å². The maximum Gasteiger partial charge on any atom is 0.267 e. The van der Waals surface area contributed by atoms with Gasteiger partial charge >= 0.3 is 0 Å². The number of carbonyl (C=O) groups is 1. The lowest BCUT2D eigenvalue weighted by Crippen LogP contribution is -2.25. The molecular formula is C24H26ClN3O2S. The molecule has 162 valence electrons. The number of rotatable bonds is 8. The van der Waals surface area contributed by atoms with Gasteiger partial charge in [0, 0.05) is 29.2 Å². The van der Waals surface area contributed by atoms with Gasteiger partial charge in [-0.1, -0.05) is 23.7 Å². The molecule has 1 aliphatic rings. The summed E-state index contributed by atoms with van der Waals surface area (Å²) in [5, 5.41) is 6.79. The molecule has 7 heteroatoms. The van der Waals surface area contributed by atoms with Gasteiger partial charge in [-0.2, -0.15) is 0 Å². The lowest BCUT2D eigenvalue weighted by Gasteiger charge is -2.15. The second-order valence-corrected chi connectivity index (χ2v) is 8.97. The summed E-state index contributed by atoms with van der Waals surface area (Å²) >= 11 is 7.44. The summed E-state index contributed by atoms with van der Waals surface area (Å²) in [4.78, 5) is 17.0. The summed E-state index contributed by atoms with van der Waals surface area (Å²) < 4.78 is 5.84. The minimum absolute atomic E-state index is 0.141. The SMILES string of the molecule is CNc1cc(-c2ccc(Cl)cc2)sc1C(=O)Nc1ccc(OCCN2CCCC2)cc1. The Balaban J connectivity index is 1.37. The van der Waals surface area contributed by atoms with E-state index in [-0.39, 0.29) is 5.91 Å². The number of hydrogen-bond acceptors (Lipinski definition) is 5. The lowest BCUT2D eigenvalue weighted by atomic mass is 10.2. The highest BCUT2D eigenvalue weighted by molar-refractivity contribution is 7.18. The van der Waals surface area contributed by atoms with Gasteiger partial charge in [0.2, 0.25) is 0 Å². The van der Waals surface area contributed by atoms with Crippen molar-refractivity contribution in [2.75, 3.05) is 43.9 Å². The van der Waals surface area contributed by atoms with Crippen molar-refractivity contribution in [3.8, 4) is 16.2 Å². The Kier molecular flexibility index (Phi) is 7.12. The molecular weight excluding hydrogens is 430 g/mol. The maximum atomic E-state index is 12.9. The fourth-order valence-corrected chi connectivity index (χ4v) is 4.81. The number of hydrogen-bond donors (Lipinski definition) is 2. The third-order valence-corrected chi connectivity index (χ3v) is 6.76. The van der Waals surface area contributed by atoms with Crippen LogP contribution >= 0.6 is 22.9 Å². The predicted octanol–water partition coefficient (Wildman–Crippen LogP) is 5.84. The molecule has 0 aliphatic carbocycles. The highest BCUT2D eigenvalue weighted by atomic mass is 35.5. The van der Waals surface area contributed by atoms with Crippen LogP contribution < -0.4 is 15.4 Å². The molecule has 0 radical (unpaired) electrons. The number of nitrogens with zero attached hydrogens (tertiary/aromatic N) is 1. The maximum absolute atomic E-state index is 12.9. The van der Waals surface area contributed by atoms with Crippen LogP contribution in [0, 0.1) is 0 Å². The molecule has 0 atom stereocenters. The van der Waals surface area contributed by atoms with Gasteiger partial charge in [-0.15, -0.1) is 11.3 Å².